The molecule has 3 aromatic rings. The summed E-state index contributed by atoms with van der Waals surface area (Å²) in [5.74, 6) is 0.770. The second-order valence-electron chi connectivity index (χ2n) is 5.31. The Labute approximate surface area is 139 Å². The first-order valence-corrected chi connectivity index (χ1v) is 7.89. The summed E-state index contributed by atoms with van der Waals surface area (Å²) in [6, 6.07) is 11.1. The molecule has 0 bridgehead atoms. The molecule has 0 aromatic carbocycles. The summed E-state index contributed by atoms with van der Waals surface area (Å²) < 4.78 is 7.56. The van der Waals surface area contributed by atoms with Gasteiger partial charge < -0.3 is 9.14 Å². The molecule has 118 valence electrons. The number of carbonyl (C=O) groups excluding carboxylic acids is 1. The van der Waals surface area contributed by atoms with E-state index in [0.29, 0.717) is 17.5 Å². The van der Waals surface area contributed by atoms with Crippen LogP contribution in [0, 0.1) is 0 Å². The topological polar surface area (TPSA) is 43.6 Å². The first-order chi connectivity index (χ1) is 11.1. The molecule has 23 heavy (non-hydrogen) atoms. The third kappa shape index (κ3) is 3.08. The number of hydrogen-bond acceptors (Lipinski definition) is 3. The van der Waals surface area contributed by atoms with Gasteiger partial charge in [0.25, 0.3) is 0 Å². The van der Waals surface area contributed by atoms with E-state index < -0.39 is 0 Å². The molecule has 0 saturated heterocycles. The maximum Gasteiger partial charge on any atom is 0.176 e. The van der Waals surface area contributed by atoms with Crippen molar-refractivity contribution in [2.24, 2.45) is 0 Å². The van der Waals surface area contributed by atoms with Crippen LogP contribution in [0.15, 0.2) is 42.6 Å². The molecule has 0 N–H and O–H groups in total. The van der Waals surface area contributed by atoms with Gasteiger partial charge in [-0.05, 0) is 30.7 Å². The zero-order valence-electron chi connectivity index (χ0n) is 13.0. The third-order valence-corrected chi connectivity index (χ3v) is 3.78. The van der Waals surface area contributed by atoms with Crippen LogP contribution in [0.2, 0.25) is 5.15 Å². The average molecular weight is 329 g/mol. The van der Waals surface area contributed by atoms with Gasteiger partial charge >= 0.3 is 0 Å². The molecule has 3 aromatic heterocycles. The smallest absolute Gasteiger partial charge is 0.176 e. The molecular formula is C18H17ClN2O2. The summed E-state index contributed by atoms with van der Waals surface area (Å²) >= 11 is 6.01. The molecule has 0 radical (unpaired) electrons. The van der Waals surface area contributed by atoms with E-state index >= 15 is 0 Å². The van der Waals surface area contributed by atoms with Crippen molar-refractivity contribution < 1.29 is 9.53 Å². The van der Waals surface area contributed by atoms with Gasteiger partial charge in [-0.25, -0.2) is 4.98 Å². The van der Waals surface area contributed by atoms with Gasteiger partial charge in [0.15, 0.2) is 5.78 Å². The molecule has 0 amide bonds. The molecule has 0 aliphatic carbocycles. The van der Waals surface area contributed by atoms with Gasteiger partial charge in [0, 0.05) is 24.8 Å². The zero-order chi connectivity index (χ0) is 16.4. The van der Waals surface area contributed by atoms with Crippen LogP contribution in [0.3, 0.4) is 0 Å². The Bertz CT molecular complexity index is 871. The lowest BCUT2D eigenvalue weighted by atomic mass is 10.1. The number of carbonyl (C=O) groups is 1. The standard InChI is InChI=1S/C18H17ClN2O2/c1-3-9-23-13-7-8-21-16(12(2)22)11-14(17(21)10-13)15-5-4-6-18(19)20-15/h4-8,10-11H,3,9H2,1-2H3. The Balaban J connectivity index is 2.20. The predicted octanol–water partition coefficient (Wildman–Crippen LogP) is 4.65. The minimum absolute atomic E-state index is 0.00416. The molecule has 5 heteroatoms. The second-order valence-corrected chi connectivity index (χ2v) is 5.70. The van der Waals surface area contributed by atoms with E-state index in [1.165, 1.54) is 0 Å². The third-order valence-electron chi connectivity index (χ3n) is 3.57. The van der Waals surface area contributed by atoms with Crippen molar-refractivity contribution in [3.8, 4) is 17.0 Å². The number of ether oxygens (including phenoxy) is 1. The predicted molar refractivity (Wildman–Crippen MR) is 91.4 cm³/mol. The number of ketones is 1. The molecule has 4 nitrogen and oxygen atoms in total. The largest absolute Gasteiger partial charge is 0.493 e. The lowest BCUT2D eigenvalue weighted by molar-refractivity contribution is 0.101. The van der Waals surface area contributed by atoms with Gasteiger partial charge in [-0.3, -0.25) is 4.79 Å². The quantitative estimate of drug-likeness (QED) is 0.506. The fourth-order valence-corrected chi connectivity index (χ4v) is 2.69. The number of pyridine rings is 2. The molecule has 3 heterocycles. The van der Waals surface area contributed by atoms with Gasteiger partial charge in [-0.2, -0.15) is 0 Å². The number of Topliss-reactive ketones (excluding diaryl/α,β-unsaturated/α-hetero) is 1. The average Bonchev–Trinajstić information content (AvgIpc) is 2.92. The minimum atomic E-state index is -0.00416. The van der Waals surface area contributed by atoms with Gasteiger partial charge in [0.2, 0.25) is 0 Å². The molecule has 0 spiro atoms. The van der Waals surface area contributed by atoms with E-state index in [1.807, 2.05) is 40.9 Å². The Kier molecular flexibility index (Phi) is 4.35. The molecule has 0 fully saturated rings. The number of halogens is 1. The molecule has 0 aliphatic rings. The number of hydrogen-bond donors (Lipinski definition) is 0. The van der Waals surface area contributed by atoms with Crippen LogP contribution in [-0.2, 0) is 0 Å². The van der Waals surface area contributed by atoms with Crippen LogP contribution in [-0.4, -0.2) is 21.8 Å². The van der Waals surface area contributed by atoms with Gasteiger partial charge in [0.05, 0.1) is 23.5 Å². The minimum Gasteiger partial charge on any atom is -0.493 e. The first kappa shape index (κ1) is 15.6. The number of fused-ring (bicyclic) bond motifs is 1. The Morgan fingerprint density at radius 1 is 1.30 bits per heavy atom. The fourth-order valence-electron chi connectivity index (χ4n) is 2.52. The SMILES string of the molecule is CCCOc1ccn2c(C(C)=O)cc(-c3cccc(Cl)n3)c2c1. The van der Waals surface area contributed by atoms with Crippen molar-refractivity contribution in [2.75, 3.05) is 6.61 Å². The lowest BCUT2D eigenvalue weighted by Crippen LogP contribution is -1.99. The second kappa shape index (κ2) is 6.42. The van der Waals surface area contributed by atoms with E-state index in [2.05, 4.69) is 11.9 Å². The number of rotatable bonds is 5. The maximum absolute atomic E-state index is 11.9. The van der Waals surface area contributed by atoms with E-state index in [1.54, 1.807) is 13.0 Å². The van der Waals surface area contributed by atoms with Crippen LogP contribution in [0.4, 0.5) is 0 Å². The highest BCUT2D eigenvalue weighted by molar-refractivity contribution is 6.29. The molecule has 0 saturated carbocycles. The molecule has 0 atom stereocenters. The number of nitrogens with zero attached hydrogens (tertiary/aromatic N) is 2. The van der Waals surface area contributed by atoms with Gasteiger partial charge in [-0.15, -0.1) is 0 Å². The van der Waals surface area contributed by atoms with E-state index in [4.69, 9.17) is 16.3 Å². The van der Waals surface area contributed by atoms with Crippen LogP contribution >= 0.6 is 11.6 Å². The van der Waals surface area contributed by atoms with Crippen molar-refractivity contribution in [1.29, 1.82) is 0 Å². The highest BCUT2D eigenvalue weighted by atomic mass is 35.5. The van der Waals surface area contributed by atoms with E-state index in [0.717, 1.165) is 28.9 Å². The summed E-state index contributed by atoms with van der Waals surface area (Å²) in [5, 5.41) is 0.421. The molecule has 0 aliphatic heterocycles. The Hall–Kier alpha value is -2.33. The maximum atomic E-state index is 11.9. The van der Waals surface area contributed by atoms with E-state index in [-0.39, 0.29) is 5.78 Å². The normalized spacial score (nSPS) is 10.9. The lowest BCUT2D eigenvalue weighted by Gasteiger charge is -2.07. The van der Waals surface area contributed by atoms with Gasteiger partial charge in [0.1, 0.15) is 10.9 Å². The highest BCUT2D eigenvalue weighted by Crippen LogP contribution is 2.30. The summed E-state index contributed by atoms with van der Waals surface area (Å²) in [4.78, 5) is 16.3. The molecular weight excluding hydrogens is 312 g/mol. The first-order valence-electron chi connectivity index (χ1n) is 7.52. The van der Waals surface area contributed by atoms with Crippen molar-refractivity contribution in [2.45, 2.75) is 20.3 Å². The van der Waals surface area contributed by atoms with Crippen molar-refractivity contribution in [3.05, 3.63) is 53.4 Å². The van der Waals surface area contributed by atoms with Crippen molar-refractivity contribution in [1.82, 2.24) is 9.38 Å². The van der Waals surface area contributed by atoms with E-state index in [9.17, 15) is 4.79 Å². The molecule has 3 rings (SSSR count). The van der Waals surface area contributed by atoms with Crippen LogP contribution in [0.25, 0.3) is 16.8 Å². The van der Waals surface area contributed by atoms with Crippen LogP contribution in [0.5, 0.6) is 5.75 Å². The van der Waals surface area contributed by atoms with Crippen molar-refractivity contribution >= 4 is 22.9 Å². The van der Waals surface area contributed by atoms with Gasteiger partial charge in [-0.1, -0.05) is 24.6 Å². The summed E-state index contributed by atoms with van der Waals surface area (Å²) in [6.45, 7) is 4.27. The molecule has 0 unspecified atom stereocenters. The highest BCUT2D eigenvalue weighted by Gasteiger charge is 2.15. The summed E-state index contributed by atoms with van der Waals surface area (Å²) in [5.41, 5.74) is 3.08. The monoisotopic (exact) mass is 328 g/mol. The fraction of sp³-hybridized carbons (Fsp3) is 0.222. The van der Waals surface area contributed by atoms with Crippen molar-refractivity contribution in [3.63, 3.8) is 0 Å². The van der Waals surface area contributed by atoms with Crippen LogP contribution < -0.4 is 4.74 Å². The Morgan fingerprint density at radius 3 is 2.83 bits per heavy atom. The Morgan fingerprint density at radius 2 is 2.13 bits per heavy atom. The summed E-state index contributed by atoms with van der Waals surface area (Å²) in [7, 11) is 0. The van der Waals surface area contributed by atoms with Crippen LogP contribution in [0.1, 0.15) is 30.8 Å². The summed E-state index contributed by atoms with van der Waals surface area (Å²) in [6.07, 6.45) is 2.79. The zero-order valence-corrected chi connectivity index (χ0v) is 13.8. The number of aromatic nitrogens is 2.